The van der Waals surface area contributed by atoms with Gasteiger partial charge in [0.1, 0.15) is 0 Å². The summed E-state index contributed by atoms with van der Waals surface area (Å²) in [6, 6.07) is 4.96. The molecule has 1 aliphatic rings. The summed E-state index contributed by atoms with van der Waals surface area (Å²) in [4.78, 5) is 5.78. The first kappa shape index (κ1) is 17.8. The number of nitrogens with zero attached hydrogens (tertiary/aromatic N) is 1. The quantitative estimate of drug-likeness (QED) is 0.444. The molecule has 5 heteroatoms. The Labute approximate surface area is 143 Å². The summed E-state index contributed by atoms with van der Waals surface area (Å²) in [6.07, 6.45) is 6.41. The van der Waals surface area contributed by atoms with Crippen LogP contribution in [0.4, 0.5) is 0 Å². The molecule has 2 N–H and O–H groups in total. The molecule has 1 saturated carbocycles. The van der Waals surface area contributed by atoms with Gasteiger partial charge in [-0.05, 0) is 36.6 Å². The Balaban J connectivity index is 0.00000200. The first-order chi connectivity index (χ1) is 9.28. The summed E-state index contributed by atoms with van der Waals surface area (Å²) in [5.74, 6) is 1.59. The molecule has 0 spiro atoms. The number of rotatable bonds is 5. The Hall–Kier alpha value is -0.300. The van der Waals surface area contributed by atoms with Crippen molar-refractivity contribution < 1.29 is 0 Å². The number of thiophene rings is 1. The van der Waals surface area contributed by atoms with Crippen LogP contribution in [0.3, 0.4) is 0 Å². The van der Waals surface area contributed by atoms with E-state index in [4.69, 9.17) is 0 Å². The number of hydrogen-bond donors (Lipinski definition) is 2. The maximum absolute atomic E-state index is 4.32. The third-order valence-electron chi connectivity index (χ3n) is 3.67. The second kappa shape index (κ2) is 9.60. The monoisotopic (exact) mass is 407 g/mol. The molecule has 20 heavy (non-hydrogen) atoms. The summed E-state index contributed by atoms with van der Waals surface area (Å²) in [7, 11) is 1.86. The number of guanidine groups is 1. The molecule has 0 aliphatic heterocycles. The summed E-state index contributed by atoms with van der Waals surface area (Å²) >= 11 is 1.84. The lowest BCUT2D eigenvalue weighted by Gasteiger charge is -2.19. The van der Waals surface area contributed by atoms with Crippen molar-refractivity contribution in [1.29, 1.82) is 0 Å². The second-order valence-electron chi connectivity index (χ2n) is 5.47. The van der Waals surface area contributed by atoms with Gasteiger partial charge in [0.25, 0.3) is 0 Å². The number of aliphatic imine (C=N–C) groups is 1. The van der Waals surface area contributed by atoms with E-state index < -0.39 is 0 Å². The van der Waals surface area contributed by atoms with Gasteiger partial charge in [0.05, 0.1) is 0 Å². The topological polar surface area (TPSA) is 36.4 Å². The maximum Gasteiger partial charge on any atom is 0.191 e. The van der Waals surface area contributed by atoms with Crippen LogP contribution in [0.1, 0.15) is 37.5 Å². The molecule has 0 aromatic carbocycles. The van der Waals surface area contributed by atoms with Crippen molar-refractivity contribution in [1.82, 2.24) is 10.6 Å². The Morgan fingerprint density at radius 1 is 1.45 bits per heavy atom. The largest absolute Gasteiger partial charge is 0.356 e. The van der Waals surface area contributed by atoms with E-state index in [1.54, 1.807) is 0 Å². The van der Waals surface area contributed by atoms with Gasteiger partial charge in [0.2, 0.25) is 0 Å². The predicted octanol–water partition coefficient (Wildman–Crippen LogP) is 3.65. The van der Waals surface area contributed by atoms with E-state index in [0.29, 0.717) is 12.0 Å². The molecule has 1 heterocycles. The summed E-state index contributed by atoms with van der Waals surface area (Å²) in [5.41, 5.74) is 0. The number of hydrogen-bond acceptors (Lipinski definition) is 2. The van der Waals surface area contributed by atoms with E-state index in [9.17, 15) is 0 Å². The van der Waals surface area contributed by atoms with Crippen molar-refractivity contribution in [3.63, 3.8) is 0 Å². The van der Waals surface area contributed by atoms with Crippen LogP contribution >= 0.6 is 35.3 Å². The summed E-state index contributed by atoms with van der Waals surface area (Å²) < 4.78 is 0. The highest BCUT2D eigenvalue weighted by Crippen LogP contribution is 2.17. The molecule has 2 rings (SSSR count). The highest BCUT2D eigenvalue weighted by molar-refractivity contribution is 14.0. The van der Waals surface area contributed by atoms with Gasteiger partial charge in [0, 0.05) is 24.5 Å². The fraction of sp³-hybridized carbons (Fsp3) is 0.667. The van der Waals surface area contributed by atoms with Gasteiger partial charge >= 0.3 is 0 Å². The average molecular weight is 407 g/mol. The van der Waals surface area contributed by atoms with Crippen LogP contribution in [0.15, 0.2) is 22.5 Å². The number of halogens is 1. The average Bonchev–Trinajstić information content (AvgIpc) is 3.07. The van der Waals surface area contributed by atoms with Crippen LogP contribution in [0.25, 0.3) is 0 Å². The molecular weight excluding hydrogens is 381 g/mol. The zero-order valence-corrected chi connectivity index (χ0v) is 15.5. The Morgan fingerprint density at radius 2 is 2.20 bits per heavy atom. The number of nitrogens with one attached hydrogen (secondary N) is 2. The lowest BCUT2D eigenvalue weighted by molar-refractivity contribution is 0.549. The lowest BCUT2D eigenvalue weighted by atomic mass is 10.1. The van der Waals surface area contributed by atoms with Crippen molar-refractivity contribution in [3.05, 3.63) is 22.4 Å². The van der Waals surface area contributed by atoms with Crippen molar-refractivity contribution in [2.75, 3.05) is 13.6 Å². The van der Waals surface area contributed by atoms with Crippen LogP contribution < -0.4 is 10.6 Å². The second-order valence-corrected chi connectivity index (χ2v) is 6.50. The molecule has 1 aromatic heterocycles. The molecule has 1 atom stereocenters. The van der Waals surface area contributed by atoms with Crippen molar-refractivity contribution in [3.8, 4) is 0 Å². The van der Waals surface area contributed by atoms with Crippen LogP contribution in [-0.2, 0) is 6.42 Å². The van der Waals surface area contributed by atoms with Gasteiger partial charge < -0.3 is 10.6 Å². The molecule has 1 fully saturated rings. The van der Waals surface area contributed by atoms with Gasteiger partial charge in [-0.2, -0.15) is 0 Å². The fourth-order valence-electron chi connectivity index (χ4n) is 2.57. The molecule has 1 unspecified atom stereocenters. The van der Waals surface area contributed by atoms with Gasteiger partial charge in [-0.15, -0.1) is 35.3 Å². The molecular formula is C15H26IN3S. The summed E-state index contributed by atoms with van der Waals surface area (Å²) in [5, 5.41) is 9.12. The van der Waals surface area contributed by atoms with Crippen LogP contribution in [-0.4, -0.2) is 25.6 Å². The Kier molecular flexibility index (Phi) is 8.52. The molecule has 0 amide bonds. The van der Waals surface area contributed by atoms with Crippen LogP contribution in [0.5, 0.6) is 0 Å². The lowest BCUT2D eigenvalue weighted by Crippen LogP contribution is -2.43. The maximum atomic E-state index is 4.32. The predicted molar refractivity (Wildman–Crippen MR) is 99.4 cm³/mol. The van der Waals surface area contributed by atoms with Gasteiger partial charge in [-0.3, -0.25) is 4.99 Å². The SMILES string of the molecule is CN=C(NCC(C)Cc1cccs1)NC1CCCC1.I. The highest BCUT2D eigenvalue weighted by Gasteiger charge is 2.16. The smallest absolute Gasteiger partial charge is 0.191 e. The molecule has 114 valence electrons. The standard InChI is InChI=1S/C15H25N3S.HI/c1-12(10-14-8-5-9-19-14)11-17-15(16-2)18-13-6-3-4-7-13;/h5,8-9,12-13H,3-4,6-7,10-11H2,1-2H3,(H2,16,17,18);1H. The van der Waals surface area contributed by atoms with E-state index in [1.807, 2.05) is 18.4 Å². The molecule has 1 aliphatic carbocycles. The third-order valence-corrected chi connectivity index (χ3v) is 4.57. The minimum absolute atomic E-state index is 0. The Bertz CT molecular complexity index is 386. The van der Waals surface area contributed by atoms with Crippen molar-refractivity contribution in [2.45, 2.75) is 45.1 Å². The highest BCUT2D eigenvalue weighted by atomic mass is 127. The van der Waals surface area contributed by atoms with E-state index >= 15 is 0 Å². The van der Waals surface area contributed by atoms with E-state index in [2.05, 4.69) is 40.1 Å². The molecule has 3 nitrogen and oxygen atoms in total. The van der Waals surface area contributed by atoms with Gasteiger partial charge in [-0.1, -0.05) is 25.8 Å². The summed E-state index contributed by atoms with van der Waals surface area (Å²) in [6.45, 7) is 3.26. The normalized spacial score (nSPS) is 17.6. The van der Waals surface area contributed by atoms with Crippen LogP contribution in [0.2, 0.25) is 0 Å². The first-order valence-electron chi connectivity index (χ1n) is 7.27. The Morgan fingerprint density at radius 3 is 2.80 bits per heavy atom. The zero-order valence-electron chi connectivity index (χ0n) is 12.4. The van der Waals surface area contributed by atoms with Crippen LogP contribution in [0, 0.1) is 5.92 Å². The van der Waals surface area contributed by atoms with Gasteiger partial charge in [0.15, 0.2) is 5.96 Å². The molecule has 0 saturated heterocycles. The third kappa shape index (κ3) is 5.99. The fourth-order valence-corrected chi connectivity index (χ4v) is 3.44. The molecule has 1 aromatic rings. The molecule has 0 bridgehead atoms. The molecule has 0 radical (unpaired) electrons. The minimum atomic E-state index is 0. The van der Waals surface area contributed by atoms with Crippen molar-refractivity contribution in [2.24, 2.45) is 10.9 Å². The minimum Gasteiger partial charge on any atom is -0.356 e. The van der Waals surface area contributed by atoms with E-state index in [-0.39, 0.29) is 24.0 Å². The first-order valence-corrected chi connectivity index (χ1v) is 8.15. The van der Waals surface area contributed by atoms with E-state index in [0.717, 1.165) is 18.9 Å². The zero-order chi connectivity index (χ0) is 13.5. The van der Waals surface area contributed by atoms with Gasteiger partial charge in [-0.25, -0.2) is 0 Å². The van der Waals surface area contributed by atoms with Crippen molar-refractivity contribution >= 4 is 41.3 Å². The van der Waals surface area contributed by atoms with E-state index in [1.165, 1.54) is 30.6 Å².